The van der Waals surface area contributed by atoms with E-state index >= 15 is 0 Å². The predicted octanol–water partition coefficient (Wildman–Crippen LogP) is 5.26. The third-order valence-electron chi connectivity index (χ3n) is 6.58. The Balaban J connectivity index is 1.52. The lowest BCUT2D eigenvalue weighted by atomic mass is 9.84. The first-order valence-corrected chi connectivity index (χ1v) is 12.9. The van der Waals surface area contributed by atoms with Gasteiger partial charge in [0.25, 0.3) is 0 Å². The number of hydrogen-bond donors (Lipinski definition) is 0. The fraction of sp³-hybridized carbons (Fsp3) is 0.586. The van der Waals surface area contributed by atoms with Gasteiger partial charge < -0.3 is 18.9 Å². The molecule has 5 nitrogen and oxygen atoms in total. The molecule has 1 aliphatic rings. The minimum Gasteiger partial charge on any atom is -0.378 e. The summed E-state index contributed by atoms with van der Waals surface area (Å²) in [6.45, 7) is 12.4. The summed E-state index contributed by atoms with van der Waals surface area (Å²) in [5.74, 6) is 1.14. The Morgan fingerprint density at radius 2 is 1.21 bits per heavy atom. The van der Waals surface area contributed by atoms with E-state index in [-0.39, 0.29) is 0 Å². The second-order valence-corrected chi connectivity index (χ2v) is 9.12. The molecule has 0 aliphatic carbocycles. The quantitative estimate of drug-likeness (QED) is 0.553. The van der Waals surface area contributed by atoms with Gasteiger partial charge >= 0.3 is 0 Å². The van der Waals surface area contributed by atoms with Crippen molar-refractivity contribution < 1.29 is 18.9 Å². The molecule has 1 saturated heterocycles. The van der Waals surface area contributed by atoms with Crippen molar-refractivity contribution in [2.24, 2.45) is 0 Å². The lowest BCUT2D eigenvalue weighted by Gasteiger charge is -2.23. The van der Waals surface area contributed by atoms with Crippen LogP contribution in [0, 0.1) is 0 Å². The highest BCUT2D eigenvalue weighted by Crippen LogP contribution is 2.32. The molecule has 0 amide bonds. The first-order valence-electron chi connectivity index (χ1n) is 12.9. The SMILES string of the molecule is CCC(CC(C)c1ccc(CN2CCOCCOCCOCCOCC2)cc1)c1ccccc1. The molecule has 1 heterocycles. The van der Waals surface area contributed by atoms with Crippen molar-refractivity contribution in [3.63, 3.8) is 0 Å². The van der Waals surface area contributed by atoms with E-state index in [0.29, 0.717) is 64.7 Å². The van der Waals surface area contributed by atoms with E-state index in [0.717, 1.165) is 19.6 Å². The molecule has 0 N–H and O–H groups in total. The lowest BCUT2D eigenvalue weighted by molar-refractivity contribution is 0.00206. The monoisotopic (exact) mass is 469 g/mol. The summed E-state index contributed by atoms with van der Waals surface area (Å²) in [5, 5.41) is 0. The maximum atomic E-state index is 5.76. The van der Waals surface area contributed by atoms with Crippen molar-refractivity contribution in [2.75, 3.05) is 65.9 Å². The van der Waals surface area contributed by atoms with Gasteiger partial charge in [-0.1, -0.05) is 68.4 Å². The van der Waals surface area contributed by atoms with Crippen LogP contribution >= 0.6 is 0 Å². The molecule has 188 valence electrons. The van der Waals surface area contributed by atoms with Gasteiger partial charge in [0.05, 0.1) is 52.9 Å². The van der Waals surface area contributed by atoms with Crippen LogP contribution in [0.4, 0.5) is 0 Å². The molecule has 0 radical (unpaired) electrons. The molecule has 1 aliphatic heterocycles. The molecule has 2 atom stereocenters. The van der Waals surface area contributed by atoms with Gasteiger partial charge in [-0.25, -0.2) is 0 Å². The molecule has 2 unspecified atom stereocenters. The predicted molar refractivity (Wildman–Crippen MR) is 138 cm³/mol. The summed E-state index contributed by atoms with van der Waals surface area (Å²) in [6.07, 6.45) is 2.35. The van der Waals surface area contributed by atoms with Crippen LogP contribution in [0.25, 0.3) is 0 Å². The fourth-order valence-electron chi connectivity index (χ4n) is 4.46. The lowest BCUT2D eigenvalue weighted by Crippen LogP contribution is -2.31. The topological polar surface area (TPSA) is 40.2 Å². The first kappa shape index (κ1) is 26.8. The molecule has 34 heavy (non-hydrogen) atoms. The smallest absolute Gasteiger partial charge is 0.0701 e. The van der Waals surface area contributed by atoms with Gasteiger partial charge in [-0.05, 0) is 41.4 Å². The van der Waals surface area contributed by atoms with E-state index in [1.807, 2.05) is 0 Å². The highest BCUT2D eigenvalue weighted by molar-refractivity contribution is 5.26. The molecule has 0 bridgehead atoms. The van der Waals surface area contributed by atoms with E-state index in [1.165, 1.54) is 29.5 Å². The van der Waals surface area contributed by atoms with Crippen LogP contribution in [-0.4, -0.2) is 70.8 Å². The number of hydrogen-bond acceptors (Lipinski definition) is 5. The highest BCUT2D eigenvalue weighted by Gasteiger charge is 2.15. The van der Waals surface area contributed by atoms with E-state index in [4.69, 9.17) is 18.9 Å². The van der Waals surface area contributed by atoms with Crippen molar-refractivity contribution >= 4 is 0 Å². The highest BCUT2D eigenvalue weighted by atomic mass is 16.6. The largest absolute Gasteiger partial charge is 0.378 e. The van der Waals surface area contributed by atoms with Crippen LogP contribution in [0.15, 0.2) is 54.6 Å². The Morgan fingerprint density at radius 3 is 1.74 bits per heavy atom. The summed E-state index contributed by atoms with van der Waals surface area (Å²) in [5.41, 5.74) is 4.20. The van der Waals surface area contributed by atoms with E-state index in [1.54, 1.807) is 0 Å². The Kier molecular flexibility index (Phi) is 12.6. The summed E-state index contributed by atoms with van der Waals surface area (Å²) in [4.78, 5) is 2.41. The van der Waals surface area contributed by atoms with Gasteiger partial charge in [0, 0.05) is 19.6 Å². The molecule has 0 aromatic heterocycles. The van der Waals surface area contributed by atoms with Crippen LogP contribution < -0.4 is 0 Å². The molecule has 2 aromatic rings. The van der Waals surface area contributed by atoms with Crippen LogP contribution in [-0.2, 0) is 25.5 Å². The Bertz CT molecular complexity index is 751. The molecule has 2 aromatic carbocycles. The van der Waals surface area contributed by atoms with E-state index in [9.17, 15) is 0 Å². The molecule has 5 heteroatoms. The minimum absolute atomic E-state index is 0.532. The normalized spacial score (nSPS) is 19.6. The summed E-state index contributed by atoms with van der Waals surface area (Å²) < 4.78 is 22.6. The number of rotatable bonds is 7. The Labute approximate surface area is 206 Å². The van der Waals surface area contributed by atoms with Gasteiger partial charge in [0.15, 0.2) is 0 Å². The van der Waals surface area contributed by atoms with Gasteiger partial charge in [-0.15, -0.1) is 0 Å². The molecular weight excluding hydrogens is 426 g/mol. The van der Waals surface area contributed by atoms with Crippen molar-refractivity contribution in [3.05, 3.63) is 71.3 Å². The Morgan fingerprint density at radius 1 is 0.676 bits per heavy atom. The van der Waals surface area contributed by atoms with Crippen LogP contribution in [0.1, 0.15) is 55.2 Å². The summed E-state index contributed by atoms with van der Waals surface area (Å²) in [6, 6.07) is 20.1. The van der Waals surface area contributed by atoms with Gasteiger partial charge in [-0.3, -0.25) is 4.90 Å². The summed E-state index contributed by atoms with van der Waals surface area (Å²) in [7, 11) is 0. The van der Waals surface area contributed by atoms with Crippen LogP contribution in [0.5, 0.6) is 0 Å². The second-order valence-electron chi connectivity index (χ2n) is 9.12. The average Bonchev–Trinajstić information content (AvgIpc) is 2.88. The van der Waals surface area contributed by atoms with Crippen molar-refractivity contribution in [3.8, 4) is 0 Å². The second kappa shape index (κ2) is 16.0. The number of benzene rings is 2. The third kappa shape index (κ3) is 9.85. The van der Waals surface area contributed by atoms with Gasteiger partial charge in [0.2, 0.25) is 0 Å². The molecule has 0 spiro atoms. The van der Waals surface area contributed by atoms with Crippen molar-refractivity contribution in [1.29, 1.82) is 0 Å². The summed E-state index contributed by atoms with van der Waals surface area (Å²) >= 11 is 0. The van der Waals surface area contributed by atoms with Crippen LogP contribution in [0.3, 0.4) is 0 Å². The first-order chi connectivity index (χ1) is 16.8. The number of nitrogens with zero attached hydrogens (tertiary/aromatic N) is 1. The maximum Gasteiger partial charge on any atom is 0.0701 e. The van der Waals surface area contributed by atoms with Crippen molar-refractivity contribution in [2.45, 2.75) is 45.1 Å². The molecular formula is C29H43NO4. The van der Waals surface area contributed by atoms with E-state index < -0.39 is 0 Å². The minimum atomic E-state index is 0.532. The molecule has 3 rings (SSSR count). The van der Waals surface area contributed by atoms with Gasteiger partial charge in [0.1, 0.15) is 0 Å². The molecule has 0 saturated carbocycles. The van der Waals surface area contributed by atoms with E-state index in [2.05, 4.69) is 73.3 Å². The fourth-order valence-corrected chi connectivity index (χ4v) is 4.46. The standard InChI is InChI=1S/C29H43NO4/c1-3-27(29-7-5-4-6-8-29)23-25(2)28-11-9-26(10-12-28)24-30-13-15-31-17-19-33-21-22-34-20-18-32-16-14-30/h4-12,25,27H,3,13-24H2,1-2H3. The zero-order chi connectivity index (χ0) is 23.8. The van der Waals surface area contributed by atoms with Crippen LogP contribution in [0.2, 0.25) is 0 Å². The third-order valence-corrected chi connectivity index (χ3v) is 6.58. The maximum absolute atomic E-state index is 5.76. The molecule has 1 fully saturated rings. The number of ether oxygens (including phenoxy) is 4. The van der Waals surface area contributed by atoms with Crippen molar-refractivity contribution in [1.82, 2.24) is 4.90 Å². The Hall–Kier alpha value is -1.76. The zero-order valence-corrected chi connectivity index (χ0v) is 21.1. The average molecular weight is 470 g/mol. The van der Waals surface area contributed by atoms with Gasteiger partial charge in [-0.2, -0.15) is 0 Å². The zero-order valence-electron chi connectivity index (χ0n) is 21.1.